The lowest BCUT2D eigenvalue weighted by Gasteiger charge is -2.31. The lowest BCUT2D eigenvalue weighted by molar-refractivity contribution is 0.431. The molecular weight excluding hydrogens is 248 g/mol. The predicted molar refractivity (Wildman–Crippen MR) is 71.8 cm³/mol. The fraction of sp³-hybridized carbons (Fsp3) is 0.286. The van der Waals surface area contributed by atoms with E-state index < -0.39 is 14.9 Å². The Balaban J connectivity index is 2.32. The highest BCUT2D eigenvalue weighted by Gasteiger charge is 2.43. The number of hydrogen-bond donors (Lipinski definition) is 0. The van der Waals surface area contributed by atoms with E-state index >= 15 is 0 Å². The number of para-hydroxylation sites is 1. The third-order valence-electron chi connectivity index (χ3n) is 3.33. The van der Waals surface area contributed by atoms with E-state index in [1.165, 1.54) is 0 Å². The first-order valence-electron chi connectivity index (χ1n) is 5.81. The first kappa shape index (κ1) is 12.9. The predicted octanol–water partition coefficient (Wildman–Crippen LogP) is 2.92. The highest BCUT2D eigenvalue weighted by molar-refractivity contribution is 7.88. The Morgan fingerprint density at radius 3 is 2.44 bits per heavy atom. The van der Waals surface area contributed by atoms with Gasteiger partial charge in [-0.2, -0.15) is 8.42 Å². The summed E-state index contributed by atoms with van der Waals surface area (Å²) in [5.74, 6) is 0.213. The van der Waals surface area contributed by atoms with Crippen LogP contribution >= 0.6 is 0 Å². The summed E-state index contributed by atoms with van der Waals surface area (Å²) in [6.07, 6.45) is 7.14. The van der Waals surface area contributed by atoms with Gasteiger partial charge in [0, 0.05) is 5.92 Å². The molecule has 1 aromatic rings. The number of allylic oxidation sites excluding steroid dienone is 3. The molecule has 0 saturated heterocycles. The first-order chi connectivity index (χ1) is 8.46. The topological polar surface area (TPSA) is 43.4 Å². The average Bonchev–Trinajstić information content (AvgIpc) is 2.33. The van der Waals surface area contributed by atoms with Crippen LogP contribution in [0.25, 0.3) is 0 Å². The highest BCUT2D eigenvalue weighted by Crippen LogP contribution is 2.33. The van der Waals surface area contributed by atoms with E-state index in [1.807, 2.05) is 25.1 Å². The van der Waals surface area contributed by atoms with Crippen LogP contribution in [-0.2, 0) is 10.1 Å². The van der Waals surface area contributed by atoms with Gasteiger partial charge < -0.3 is 4.18 Å². The minimum atomic E-state index is -3.72. The molecule has 0 radical (unpaired) electrons. The molecule has 18 heavy (non-hydrogen) atoms. The van der Waals surface area contributed by atoms with E-state index in [1.54, 1.807) is 43.3 Å². The molecule has 1 aliphatic rings. The molecule has 0 aromatic heterocycles. The Morgan fingerprint density at radius 1 is 1.17 bits per heavy atom. The molecule has 2 atom stereocenters. The van der Waals surface area contributed by atoms with Crippen LogP contribution in [0.15, 0.2) is 54.6 Å². The van der Waals surface area contributed by atoms with E-state index in [0.717, 1.165) is 0 Å². The fourth-order valence-corrected chi connectivity index (χ4v) is 3.15. The van der Waals surface area contributed by atoms with Crippen LogP contribution in [0.3, 0.4) is 0 Å². The Kier molecular flexibility index (Phi) is 3.30. The van der Waals surface area contributed by atoms with Crippen molar-refractivity contribution >= 4 is 10.1 Å². The molecule has 0 bridgehead atoms. The lowest BCUT2D eigenvalue weighted by atomic mass is 9.91. The zero-order valence-corrected chi connectivity index (χ0v) is 11.2. The molecule has 0 aliphatic heterocycles. The molecule has 1 aliphatic carbocycles. The monoisotopic (exact) mass is 264 g/mol. The van der Waals surface area contributed by atoms with E-state index in [0.29, 0.717) is 5.75 Å². The molecule has 96 valence electrons. The second kappa shape index (κ2) is 4.61. The average molecular weight is 264 g/mol. The van der Waals surface area contributed by atoms with Crippen molar-refractivity contribution in [2.75, 3.05) is 0 Å². The maximum atomic E-state index is 12.4. The van der Waals surface area contributed by atoms with Gasteiger partial charge in [0.05, 0.1) is 0 Å². The Bertz CT molecular complexity index is 572. The highest BCUT2D eigenvalue weighted by atomic mass is 32.2. The summed E-state index contributed by atoms with van der Waals surface area (Å²) in [6.45, 7) is 3.54. The first-order valence-corrected chi connectivity index (χ1v) is 7.22. The molecule has 2 unspecified atom stereocenters. The summed E-state index contributed by atoms with van der Waals surface area (Å²) in [4.78, 5) is 0. The number of benzene rings is 1. The van der Waals surface area contributed by atoms with Crippen LogP contribution in [0.1, 0.15) is 13.8 Å². The van der Waals surface area contributed by atoms with Gasteiger partial charge in [-0.05, 0) is 19.1 Å². The maximum absolute atomic E-state index is 12.4. The fourth-order valence-electron chi connectivity index (χ4n) is 1.82. The lowest BCUT2D eigenvalue weighted by Crippen LogP contribution is -2.42. The van der Waals surface area contributed by atoms with Gasteiger partial charge in [0.2, 0.25) is 0 Å². The van der Waals surface area contributed by atoms with Gasteiger partial charge >= 0.3 is 10.1 Å². The summed E-state index contributed by atoms with van der Waals surface area (Å²) < 4.78 is 28.9. The smallest absolute Gasteiger partial charge is 0.318 e. The van der Waals surface area contributed by atoms with Crippen LogP contribution in [0.4, 0.5) is 0 Å². The van der Waals surface area contributed by atoms with Gasteiger partial charge in [0.15, 0.2) is 0 Å². The van der Waals surface area contributed by atoms with Crippen LogP contribution in [-0.4, -0.2) is 13.2 Å². The minimum Gasteiger partial charge on any atom is -0.382 e. The SMILES string of the molecule is CC1C=CC=CC1(C)S(=O)(=O)Oc1ccccc1. The van der Waals surface area contributed by atoms with E-state index in [4.69, 9.17) is 4.18 Å². The van der Waals surface area contributed by atoms with Gasteiger partial charge in [-0.15, -0.1) is 0 Å². The Morgan fingerprint density at radius 2 is 1.83 bits per heavy atom. The van der Waals surface area contributed by atoms with Crippen molar-refractivity contribution in [1.82, 2.24) is 0 Å². The van der Waals surface area contributed by atoms with Crippen molar-refractivity contribution in [2.45, 2.75) is 18.6 Å². The molecular formula is C14H16O3S. The van der Waals surface area contributed by atoms with Crippen molar-refractivity contribution in [1.29, 1.82) is 0 Å². The van der Waals surface area contributed by atoms with Crippen molar-refractivity contribution in [3.8, 4) is 5.75 Å². The summed E-state index contributed by atoms with van der Waals surface area (Å²) in [5, 5.41) is 0. The van der Waals surface area contributed by atoms with Crippen molar-refractivity contribution in [3.05, 3.63) is 54.6 Å². The van der Waals surface area contributed by atoms with Gasteiger partial charge in [-0.1, -0.05) is 49.4 Å². The maximum Gasteiger partial charge on any atom is 0.318 e. The van der Waals surface area contributed by atoms with Crippen molar-refractivity contribution in [3.63, 3.8) is 0 Å². The summed E-state index contributed by atoms with van der Waals surface area (Å²) in [5.41, 5.74) is 0. The molecule has 0 heterocycles. The molecule has 0 amide bonds. The summed E-state index contributed by atoms with van der Waals surface area (Å²) in [6, 6.07) is 8.56. The van der Waals surface area contributed by atoms with Crippen molar-refractivity contribution in [2.24, 2.45) is 5.92 Å². The van der Waals surface area contributed by atoms with Crippen LogP contribution in [0, 0.1) is 5.92 Å². The molecule has 0 fully saturated rings. The van der Waals surface area contributed by atoms with E-state index in [-0.39, 0.29) is 5.92 Å². The Labute approximate surface area is 108 Å². The van der Waals surface area contributed by atoms with Gasteiger partial charge in [0.1, 0.15) is 10.5 Å². The molecule has 0 N–H and O–H groups in total. The largest absolute Gasteiger partial charge is 0.382 e. The van der Waals surface area contributed by atoms with Crippen LogP contribution in [0.5, 0.6) is 5.75 Å². The minimum absolute atomic E-state index is 0.129. The van der Waals surface area contributed by atoms with Crippen LogP contribution in [0.2, 0.25) is 0 Å². The standard InChI is InChI=1S/C14H16O3S/c1-12-8-6-7-11-14(12,2)18(15,16)17-13-9-4-3-5-10-13/h3-12H,1-2H3. The number of rotatable bonds is 3. The molecule has 4 heteroatoms. The molecule has 1 aromatic carbocycles. The quantitative estimate of drug-likeness (QED) is 0.788. The van der Waals surface area contributed by atoms with Gasteiger partial charge in [-0.3, -0.25) is 0 Å². The normalized spacial score (nSPS) is 27.1. The van der Waals surface area contributed by atoms with Crippen LogP contribution < -0.4 is 4.18 Å². The van der Waals surface area contributed by atoms with Gasteiger partial charge in [0.25, 0.3) is 0 Å². The summed E-state index contributed by atoms with van der Waals surface area (Å²) in [7, 11) is -3.72. The Hall–Kier alpha value is -1.55. The van der Waals surface area contributed by atoms with E-state index in [9.17, 15) is 8.42 Å². The zero-order valence-electron chi connectivity index (χ0n) is 10.4. The molecule has 0 saturated carbocycles. The van der Waals surface area contributed by atoms with Gasteiger partial charge in [-0.25, -0.2) is 0 Å². The third kappa shape index (κ3) is 2.20. The van der Waals surface area contributed by atoms with Crippen molar-refractivity contribution < 1.29 is 12.6 Å². The molecule has 2 rings (SSSR count). The van der Waals surface area contributed by atoms with E-state index in [2.05, 4.69) is 0 Å². The third-order valence-corrected chi connectivity index (χ3v) is 5.33. The molecule has 3 nitrogen and oxygen atoms in total. The zero-order chi connectivity index (χ0) is 13.2. The number of hydrogen-bond acceptors (Lipinski definition) is 3. The second-order valence-electron chi connectivity index (χ2n) is 4.57. The summed E-state index contributed by atoms with van der Waals surface area (Å²) >= 11 is 0. The second-order valence-corrected chi connectivity index (χ2v) is 6.52. The molecule has 0 spiro atoms.